The number of hydrogen-bond acceptors (Lipinski definition) is 2. The highest BCUT2D eigenvalue weighted by atomic mass is 19.4. The van der Waals surface area contributed by atoms with E-state index in [1.807, 2.05) is 31.2 Å². The van der Waals surface area contributed by atoms with Gasteiger partial charge in [-0.3, -0.25) is 4.90 Å². The van der Waals surface area contributed by atoms with Crippen LogP contribution in [0.4, 0.5) is 13.2 Å². The molecule has 1 unspecified atom stereocenters. The summed E-state index contributed by atoms with van der Waals surface area (Å²) in [4.78, 5) is 1.58. The molecule has 1 aliphatic heterocycles. The van der Waals surface area contributed by atoms with E-state index in [1.165, 1.54) is 0 Å². The molecule has 0 saturated carbocycles. The molecule has 0 aromatic heterocycles. The molecule has 0 spiro atoms. The van der Waals surface area contributed by atoms with Crippen LogP contribution in [0.1, 0.15) is 36.9 Å². The Balaban J connectivity index is 2.27. The quantitative estimate of drug-likeness (QED) is 0.911. The topological polar surface area (TPSA) is 15.3 Å². The number of nitrogens with zero attached hydrogens (tertiary/aromatic N) is 1. The Kier molecular flexibility index (Phi) is 5.05. The van der Waals surface area contributed by atoms with Crippen LogP contribution in [0, 0.1) is 0 Å². The number of benzene rings is 1. The molecule has 1 heterocycles. The lowest BCUT2D eigenvalue weighted by Crippen LogP contribution is -2.38. The number of fused-ring (bicyclic) bond motifs is 1. The maximum Gasteiger partial charge on any atom is 0.401 e. The van der Waals surface area contributed by atoms with E-state index < -0.39 is 12.7 Å². The van der Waals surface area contributed by atoms with E-state index in [9.17, 15) is 13.2 Å². The van der Waals surface area contributed by atoms with Crippen molar-refractivity contribution >= 4 is 0 Å². The maximum atomic E-state index is 12.8. The zero-order chi connectivity index (χ0) is 14.6. The summed E-state index contributed by atoms with van der Waals surface area (Å²) >= 11 is 0. The first-order valence-corrected chi connectivity index (χ1v) is 7.10. The molecule has 0 bridgehead atoms. The van der Waals surface area contributed by atoms with Gasteiger partial charge in [-0.1, -0.05) is 31.2 Å². The fourth-order valence-electron chi connectivity index (χ4n) is 2.88. The average molecular weight is 286 g/mol. The molecular weight excluding hydrogens is 265 g/mol. The fourth-order valence-corrected chi connectivity index (χ4v) is 2.88. The van der Waals surface area contributed by atoms with Gasteiger partial charge in [0.2, 0.25) is 0 Å². The van der Waals surface area contributed by atoms with E-state index in [2.05, 4.69) is 5.32 Å². The third-order valence-electron chi connectivity index (χ3n) is 3.66. The molecule has 1 aliphatic rings. The third-order valence-corrected chi connectivity index (χ3v) is 3.66. The Morgan fingerprint density at radius 1 is 1.30 bits per heavy atom. The minimum Gasteiger partial charge on any atom is -0.313 e. The minimum atomic E-state index is -4.15. The zero-order valence-corrected chi connectivity index (χ0v) is 11.7. The van der Waals surface area contributed by atoms with Crippen LogP contribution in [0.3, 0.4) is 0 Å². The van der Waals surface area contributed by atoms with Crippen LogP contribution in [0.15, 0.2) is 24.3 Å². The zero-order valence-electron chi connectivity index (χ0n) is 11.7. The van der Waals surface area contributed by atoms with E-state index in [4.69, 9.17) is 0 Å². The standard InChI is InChI=1S/C15H21F3N2/c1-2-9-20(11-15(16,17)18)14-7-8-19-10-12-5-3-4-6-13(12)14/h3-6,14,19H,2,7-11H2,1H3. The van der Waals surface area contributed by atoms with Crippen molar-refractivity contribution in [2.45, 2.75) is 38.5 Å². The first-order valence-electron chi connectivity index (χ1n) is 7.10. The van der Waals surface area contributed by atoms with Crippen LogP contribution in [-0.4, -0.2) is 30.7 Å². The molecule has 1 aromatic rings. The van der Waals surface area contributed by atoms with Crippen molar-refractivity contribution in [3.8, 4) is 0 Å². The van der Waals surface area contributed by atoms with Crippen molar-refractivity contribution in [3.63, 3.8) is 0 Å². The van der Waals surface area contributed by atoms with Gasteiger partial charge in [-0.25, -0.2) is 0 Å². The average Bonchev–Trinajstić information content (AvgIpc) is 2.59. The molecule has 0 radical (unpaired) electrons. The summed E-state index contributed by atoms with van der Waals surface area (Å²) < 4.78 is 38.4. The van der Waals surface area contributed by atoms with Crippen LogP contribution >= 0.6 is 0 Å². The smallest absolute Gasteiger partial charge is 0.313 e. The van der Waals surface area contributed by atoms with Gasteiger partial charge >= 0.3 is 6.18 Å². The van der Waals surface area contributed by atoms with Crippen LogP contribution in [-0.2, 0) is 6.54 Å². The van der Waals surface area contributed by atoms with E-state index in [0.717, 1.165) is 30.6 Å². The van der Waals surface area contributed by atoms with Gasteiger partial charge in [0.25, 0.3) is 0 Å². The lowest BCUT2D eigenvalue weighted by atomic mass is 9.97. The van der Waals surface area contributed by atoms with Crippen molar-refractivity contribution in [1.82, 2.24) is 10.2 Å². The summed E-state index contributed by atoms with van der Waals surface area (Å²) in [6, 6.07) is 7.67. The van der Waals surface area contributed by atoms with Gasteiger partial charge in [-0.05, 0) is 37.1 Å². The second kappa shape index (κ2) is 6.59. The number of alkyl halides is 3. The van der Waals surface area contributed by atoms with E-state index in [1.54, 1.807) is 4.90 Å². The van der Waals surface area contributed by atoms with Gasteiger partial charge in [0.1, 0.15) is 0 Å². The Labute approximate surface area is 118 Å². The van der Waals surface area contributed by atoms with Gasteiger partial charge in [0, 0.05) is 12.6 Å². The summed E-state index contributed by atoms with van der Waals surface area (Å²) in [5.41, 5.74) is 2.15. The molecule has 0 amide bonds. The molecule has 112 valence electrons. The summed E-state index contributed by atoms with van der Waals surface area (Å²) in [5.74, 6) is 0. The molecule has 1 aromatic carbocycles. The molecule has 0 aliphatic carbocycles. The molecule has 5 heteroatoms. The highest BCUT2D eigenvalue weighted by molar-refractivity contribution is 5.31. The predicted molar refractivity (Wildman–Crippen MR) is 73.4 cm³/mol. The number of rotatable bonds is 4. The third kappa shape index (κ3) is 3.96. The van der Waals surface area contributed by atoms with Crippen LogP contribution in [0.2, 0.25) is 0 Å². The number of nitrogens with one attached hydrogen (secondary N) is 1. The van der Waals surface area contributed by atoms with Crippen LogP contribution in [0.5, 0.6) is 0 Å². The van der Waals surface area contributed by atoms with Gasteiger partial charge in [-0.2, -0.15) is 13.2 Å². The van der Waals surface area contributed by atoms with Gasteiger partial charge < -0.3 is 5.32 Å². The summed E-state index contributed by atoms with van der Waals surface area (Å²) in [6.45, 7) is 3.04. The molecule has 1 N–H and O–H groups in total. The van der Waals surface area contributed by atoms with Crippen molar-refractivity contribution in [2.24, 2.45) is 0 Å². The summed E-state index contributed by atoms with van der Waals surface area (Å²) in [6.07, 6.45) is -2.71. The second-order valence-corrected chi connectivity index (χ2v) is 5.27. The van der Waals surface area contributed by atoms with E-state index in [-0.39, 0.29) is 6.04 Å². The SMILES string of the molecule is CCCN(CC(F)(F)F)C1CCNCc2ccccc21. The van der Waals surface area contributed by atoms with Gasteiger partial charge in [0.05, 0.1) is 6.54 Å². The largest absolute Gasteiger partial charge is 0.401 e. The molecule has 2 rings (SSSR count). The predicted octanol–water partition coefficient (Wildman–Crippen LogP) is 3.50. The molecular formula is C15H21F3N2. The molecule has 0 fully saturated rings. The normalized spacial score (nSPS) is 19.8. The second-order valence-electron chi connectivity index (χ2n) is 5.27. The molecule has 20 heavy (non-hydrogen) atoms. The van der Waals surface area contributed by atoms with E-state index in [0.29, 0.717) is 13.0 Å². The fraction of sp³-hybridized carbons (Fsp3) is 0.600. The van der Waals surface area contributed by atoms with Crippen molar-refractivity contribution < 1.29 is 13.2 Å². The lowest BCUT2D eigenvalue weighted by molar-refractivity contribution is -0.151. The first-order chi connectivity index (χ1) is 9.51. The monoisotopic (exact) mass is 286 g/mol. The Hall–Kier alpha value is -1.07. The summed E-state index contributed by atoms with van der Waals surface area (Å²) in [5, 5.41) is 3.29. The van der Waals surface area contributed by atoms with Crippen LogP contribution < -0.4 is 5.32 Å². The Bertz CT molecular complexity index is 431. The Morgan fingerprint density at radius 2 is 2.05 bits per heavy atom. The Morgan fingerprint density at radius 3 is 2.75 bits per heavy atom. The van der Waals surface area contributed by atoms with E-state index >= 15 is 0 Å². The van der Waals surface area contributed by atoms with Crippen molar-refractivity contribution in [1.29, 1.82) is 0 Å². The molecule has 0 saturated heterocycles. The number of hydrogen-bond donors (Lipinski definition) is 1. The minimum absolute atomic E-state index is 0.150. The molecule has 1 atom stereocenters. The summed E-state index contributed by atoms with van der Waals surface area (Å²) in [7, 11) is 0. The lowest BCUT2D eigenvalue weighted by Gasteiger charge is -2.32. The highest BCUT2D eigenvalue weighted by Gasteiger charge is 2.34. The van der Waals surface area contributed by atoms with Crippen molar-refractivity contribution in [3.05, 3.63) is 35.4 Å². The van der Waals surface area contributed by atoms with Crippen molar-refractivity contribution in [2.75, 3.05) is 19.6 Å². The van der Waals surface area contributed by atoms with Gasteiger partial charge in [0.15, 0.2) is 0 Å². The number of halogens is 3. The maximum absolute atomic E-state index is 12.8. The first kappa shape index (κ1) is 15.3. The molecule has 2 nitrogen and oxygen atoms in total. The van der Waals surface area contributed by atoms with Crippen LogP contribution in [0.25, 0.3) is 0 Å². The van der Waals surface area contributed by atoms with Gasteiger partial charge in [-0.15, -0.1) is 0 Å². The highest BCUT2D eigenvalue weighted by Crippen LogP contribution is 2.31.